The van der Waals surface area contributed by atoms with Crippen LogP contribution >= 0.6 is 11.6 Å². The van der Waals surface area contributed by atoms with Gasteiger partial charge in [0, 0.05) is 17.7 Å². The van der Waals surface area contributed by atoms with Crippen LogP contribution in [0.3, 0.4) is 0 Å². The van der Waals surface area contributed by atoms with E-state index in [0.717, 1.165) is 16.5 Å². The number of nitrogens with zero attached hydrogens (tertiary/aromatic N) is 1. The lowest BCUT2D eigenvalue weighted by Crippen LogP contribution is -3.00. The van der Waals surface area contributed by atoms with Crippen LogP contribution in [-0.4, -0.2) is 5.78 Å². The van der Waals surface area contributed by atoms with Crippen LogP contribution in [0.2, 0.25) is 5.02 Å². The minimum Gasteiger partial charge on any atom is -1.00 e. The van der Waals surface area contributed by atoms with Crippen LogP contribution in [0, 0.1) is 0 Å². The molecule has 0 aliphatic rings. The summed E-state index contributed by atoms with van der Waals surface area (Å²) in [5.41, 5.74) is 1.68. The van der Waals surface area contributed by atoms with E-state index in [4.69, 9.17) is 11.6 Å². The smallest absolute Gasteiger partial charge is 0.227 e. The number of Topliss-reactive ketones (excluding diaryl/α,β-unsaturated/α-hetero) is 1. The number of aromatic nitrogens is 1. The molecular formula is C17H13BrClNO. The molecule has 0 aliphatic carbocycles. The quantitative estimate of drug-likeness (QED) is 0.495. The Hall–Kier alpha value is -1.71. The Bertz CT molecular complexity index is 774. The van der Waals surface area contributed by atoms with Crippen LogP contribution in [0.15, 0.2) is 66.9 Å². The number of hydrogen-bond acceptors (Lipinski definition) is 1. The molecule has 2 nitrogen and oxygen atoms in total. The van der Waals surface area contributed by atoms with Gasteiger partial charge in [0.25, 0.3) is 0 Å². The minimum atomic E-state index is 0. The van der Waals surface area contributed by atoms with E-state index in [1.165, 1.54) is 0 Å². The van der Waals surface area contributed by atoms with Crippen LogP contribution in [-0.2, 0) is 6.54 Å². The van der Waals surface area contributed by atoms with Crippen LogP contribution in [0.1, 0.15) is 10.4 Å². The number of benzene rings is 2. The van der Waals surface area contributed by atoms with Crippen molar-refractivity contribution in [3.8, 4) is 0 Å². The largest absolute Gasteiger partial charge is 1.00 e. The average Bonchev–Trinajstić information content (AvgIpc) is 2.49. The molecule has 3 aromatic rings. The fraction of sp³-hybridized carbons (Fsp3) is 0.0588. The normalized spacial score (nSPS) is 10.1. The number of fused-ring (bicyclic) bond motifs is 1. The fourth-order valence-corrected chi connectivity index (χ4v) is 2.51. The first kappa shape index (κ1) is 15.7. The summed E-state index contributed by atoms with van der Waals surface area (Å²) >= 11 is 6.18. The van der Waals surface area contributed by atoms with Crippen molar-refractivity contribution in [2.24, 2.45) is 0 Å². The molecule has 0 atom stereocenters. The van der Waals surface area contributed by atoms with Gasteiger partial charge in [-0.3, -0.25) is 4.79 Å². The van der Waals surface area contributed by atoms with Gasteiger partial charge in [-0.25, -0.2) is 0 Å². The van der Waals surface area contributed by atoms with E-state index in [-0.39, 0.29) is 22.8 Å². The topological polar surface area (TPSA) is 20.9 Å². The molecule has 0 fully saturated rings. The number of hydrogen-bond donors (Lipinski definition) is 0. The van der Waals surface area contributed by atoms with Gasteiger partial charge in [0.05, 0.1) is 10.4 Å². The molecule has 0 radical (unpaired) electrons. The molecule has 106 valence electrons. The number of halogens is 2. The van der Waals surface area contributed by atoms with E-state index >= 15 is 0 Å². The van der Waals surface area contributed by atoms with Crippen molar-refractivity contribution in [2.45, 2.75) is 6.54 Å². The van der Waals surface area contributed by atoms with Gasteiger partial charge in [-0.1, -0.05) is 48.0 Å². The predicted molar refractivity (Wildman–Crippen MR) is 79.9 cm³/mol. The average molecular weight is 363 g/mol. The van der Waals surface area contributed by atoms with E-state index in [0.29, 0.717) is 11.6 Å². The Morgan fingerprint density at radius 2 is 1.71 bits per heavy atom. The Morgan fingerprint density at radius 1 is 0.952 bits per heavy atom. The zero-order valence-electron chi connectivity index (χ0n) is 11.2. The monoisotopic (exact) mass is 361 g/mol. The Morgan fingerprint density at radius 3 is 2.48 bits per heavy atom. The molecule has 0 spiro atoms. The van der Waals surface area contributed by atoms with Crippen LogP contribution in [0.4, 0.5) is 0 Å². The Labute approximate surface area is 138 Å². The van der Waals surface area contributed by atoms with Crippen molar-refractivity contribution in [3.05, 3.63) is 77.4 Å². The van der Waals surface area contributed by atoms with Crippen molar-refractivity contribution < 1.29 is 26.3 Å². The molecule has 0 unspecified atom stereocenters. The second-order valence-corrected chi connectivity index (χ2v) is 5.01. The van der Waals surface area contributed by atoms with E-state index in [2.05, 4.69) is 0 Å². The minimum absolute atomic E-state index is 0. The van der Waals surface area contributed by atoms with Gasteiger partial charge in [-0.05, 0) is 12.1 Å². The molecule has 4 heteroatoms. The molecule has 1 heterocycles. The van der Waals surface area contributed by atoms with Gasteiger partial charge in [-0.15, -0.1) is 0 Å². The van der Waals surface area contributed by atoms with E-state index in [1.54, 1.807) is 0 Å². The third-order valence-electron chi connectivity index (χ3n) is 3.28. The van der Waals surface area contributed by atoms with E-state index in [1.807, 2.05) is 71.4 Å². The molecule has 3 rings (SSSR count). The summed E-state index contributed by atoms with van der Waals surface area (Å²) in [6.07, 6.45) is 1.90. The summed E-state index contributed by atoms with van der Waals surface area (Å²) in [7, 11) is 0. The first-order valence-electron chi connectivity index (χ1n) is 6.40. The number of carbonyl (C=O) groups excluding carboxylic acids is 1. The first-order chi connectivity index (χ1) is 9.75. The van der Waals surface area contributed by atoms with Crippen molar-refractivity contribution >= 4 is 28.3 Å². The van der Waals surface area contributed by atoms with Crippen molar-refractivity contribution in [1.29, 1.82) is 0 Å². The van der Waals surface area contributed by atoms with Gasteiger partial charge in [0.1, 0.15) is 0 Å². The summed E-state index contributed by atoms with van der Waals surface area (Å²) in [6, 6.07) is 18.9. The second-order valence-electron chi connectivity index (χ2n) is 4.60. The third-order valence-corrected chi connectivity index (χ3v) is 3.61. The zero-order chi connectivity index (χ0) is 13.9. The van der Waals surface area contributed by atoms with Crippen molar-refractivity contribution in [1.82, 2.24) is 0 Å². The molecular weight excluding hydrogens is 350 g/mol. The molecule has 0 saturated carbocycles. The first-order valence-corrected chi connectivity index (χ1v) is 6.78. The highest BCUT2D eigenvalue weighted by Crippen LogP contribution is 2.20. The van der Waals surface area contributed by atoms with E-state index < -0.39 is 0 Å². The molecule has 0 N–H and O–H groups in total. The summed E-state index contributed by atoms with van der Waals surface area (Å²) < 4.78 is 1.93. The van der Waals surface area contributed by atoms with Crippen molar-refractivity contribution in [2.75, 3.05) is 0 Å². The maximum Gasteiger partial charge on any atom is 0.227 e. The van der Waals surface area contributed by atoms with Gasteiger partial charge in [0.2, 0.25) is 17.8 Å². The SMILES string of the molecule is O=C(C[n+]1cccc2c(Cl)cccc21)c1ccccc1.[Br-]. The van der Waals surface area contributed by atoms with Gasteiger partial charge >= 0.3 is 0 Å². The number of rotatable bonds is 3. The molecule has 21 heavy (non-hydrogen) atoms. The summed E-state index contributed by atoms with van der Waals surface area (Å²) in [5.74, 6) is 0.0862. The highest BCUT2D eigenvalue weighted by Gasteiger charge is 2.15. The van der Waals surface area contributed by atoms with Crippen LogP contribution < -0.4 is 21.5 Å². The maximum atomic E-state index is 12.3. The number of ketones is 1. The van der Waals surface area contributed by atoms with Crippen LogP contribution in [0.5, 0.6) is 0 Å². The Balaban J connectivity index is 0.00000161. The number of carbonyl (C=O) groups is 1. The molecule has 0 bridgehead atoms. The van der Waals surface area contributed by atoms with Crippen LogP contribution in [0.25, 0.3) is 10.9 Å². The Kier molecular flexibility index (Phi) is 5.10. The lowest BCUT2D eigenvalue weighted by Gasteiger charge is -2.02. The zero-order valence-corrected chi connectivity index (χ0v) is 13.5. The van der Waals surface area contributed by atoms with Gasteiger partial charge in [-0.2, -0.15) is 4.57 Å². The lowest BCUT2D eigenvalue weighted by atomic mass is 10.1. The lowest BCUT2D eigenvalue weighted by molar-refractivity contribution is -0.657. The predicted octanol–water partition coefficient (Wildman–Crippen LogP) is 0.668. The molecule has 0 saturated heterocycles. The number of pyridine rings is 1. The second kappa shape index (κ2) is 6.83. The van der Waals surface area contributed by atoms with E-state index in [9.17, 15) is 4.79 Å². The highest BCUT2D eigenvalue weighted by atomic mass is 79.9. The maximum absolute atomic E-state index is 12.3. The highest BCUT2D eigenvalue weighted by molar-refractivity contribution is 6.35. The molecule has 0 aliphatic heterocycles. The summed E-state index contributed by atoms with van der Waals surface area (Å²) in [5, 5.41) is 1.65. The van der Waals surface area contributed by atoms with Crippen molar-refractivity contribution in [3.63, 3.8) is 0 Å². The van der Waals surface area contributed by atoms with Gasteiger partial charge in [0.15, 0.2) is 6.20 Å². The molecule has 2 aromatic carbocycles. The fourth-order valence-electron chi connectivity index (χ4n) is 2.27. The van der Waals surface area contributed by atoms with Gasteiger partial charge < -0.3 is 17.0 Å². The molecule has 1 aromatic heterocycles. The third kappa shape index (κ3) is 3.31. The molecule has 0 amide bonds. The summed E-state index contributed by atoms with van der Waals surface area (Å²) in [4.78, 5) is 12.3. The standard InChI is InChI=1S/C17H13ClNO.BrH/c18-15-9-4-10-16-14(15)8-5-11-19(16)12-17(20)13-6-2-1-3-7-13;/h1-11H,12H2;1H/q+1;/p-1. The summed E-state index contributed by atoms with van der Waals surface area (Å²) in [6.45, 7) is 0.307.